The molecule has 0 aliphatic rings. The van der Waals surface area contributed by atoms with Crippen molar-refractivity contribution >= 4 is 5.97 Å². The number of carbonyl (C=O) groups is 1. The summed E-state index contributed by atoms with van der Waals surface area (Å²) in [7, 11) is 3.29. The molecule has 1 unspecified atom stereocenters. The second kappa shape index (κ2) is 5.65. The number of ether oxygens (including phenoxy) is 1. The maximum atomic E-state index is 11.2. The van der Waals surface area contributed by atoms with E-state index in [2.05, 4.69) is 22.1 Å². The lowest BCUT2D eigenvalue weighted by Crippen LogP contribution is -2.34. The van der Waals surface area contributed by atoms with E-state index < -0.39 is 0 Å². The molecule has 0 fully saturated rings. The molecule has 1 aromatic rings. The van der Waals surface area contributed by atoms with Gasteiger partial charge in [-0.15, -0.1) is 0 Å². The zero-order valence-electron chi connectivity index (χ0n) is 10.3. The molecule has 0 saturated carbocycles. The van der Waals surface area contributed by atoms with Crippen LogP contribution in [0, 0.1) is 0 Å². The molecule has 0 aliphatic carbocycles. The fraction of sp³-hybridized carbons (Fsp3) is 0.636. The third-order valence-electron chi connectivity index (χ3n) is 2.53. The number of nitrogens with zero attached hydrogens (tertiary/aromatic N) is 2. The molecule has 0 radical (unpaired) electrons. The molecule has 90 valence electrons. The molecule has 1 rings (SSSR count). The van der Waals surface area contributed by atoms with Crippen LogP contribution in [0.5, 0.6) is 0 Å². The summed E-state index contributed by atoms with van der Waals surface area (Å²) in [4.78, 5) is 11.2. The van der Waals surface area contributed by atoms with Crippen molar-refractivity contribution in [2.24, 2.45) is 7.05 Å². The highest BCUT2D eigenvalue weighted by Gasteiger charge is 2.13. The Morgan fingerprint density at radius 2 is 2.38 bits per heavy atom. The highest BCUT2D eigenvalue weighted by atomic mass is 16.5. The lowest BCUT2D eigenvalue weighted by atomic mass is 10.3. The highest BCUT2D eigenvalue weighted by Crippen LogP contribution is 2.03. The van der Waals surface area contributed by atoms with Crippen molar-refractivity contribution in [2.75, 3.05) is 7.11 Å². The van der Waals surface area contributed by atoms with Gasteiger partial charge in [-0.3, -0.25) is 14.8 Å². The van der Waals surface area contributed by atoms with Crippen LogP contribution in [0.4, 0.5) is 0 Å². The van der Waals surface area contributed by atoms with Crippen LogP contribution in [0.25, 0.3) is 0 Å². The van der Waals surface area contributed by atoms with Crippen LogP contribution in [0.3, 0.4) is 0 Å². The van der Waals surface area contributed by atoms with Crippen molar-refractivity contribution in [3.05, 3.63) is 17.5 Å². The van der Waals surface area contributed by atoms with Crippen molar-refractivity contribution in [3.63, 3.8) is 0 Å². The summed E-state index contributed by atoms with van der Waals surface area (Å²) >= 11 is 0. The Morgan fingerprint density at radius 3 is 2.88 bits per heavy atom. The van der Waals surface area contributed by atoms with Gasteiger partial charge in [-0.1, -0.05) is 6.92 Å². The first-order valence-corrected chi connectivity index (χ1v) is 5.41. The molecule has 1 N–H and O–H groups in total. The van der Waals surface area contributed by atoms with Gasteiger partial charge in [-0.2, -0.15) is 5.10 Å². The number of rotatable bonds is 5. The van der Waals surface area contributed by atoms with E-state index in [9.17, 15) is 4.79 Å². The second-order valence-corrected chi connectivity index (χ2v) is 3.73. The van der Waals surface area contributed by atoms with Crippen molar-refractivity contribution in [2.45, 2.75) is 32.9 Å². The van der Waals surface area contributed by atoms with Crippen molar-refractivity contribution < 1.29 is 9.53 Å². The summed E-state index contributed by atoms with van der Waals surface area (Å²) in [5, 5.41) is 7.43. The number of nitrogens with one attached hydrogen (secondary N) is 1. The van der Waals surface area contributed by atoms with E-state index in [1.807, 2.05) is 17.8 Å². The predicted molar refractivity (Wildman–Crippen MR) is 60.9 cm³/mol. The average Bonchev–Trinajstić information content (AvgIpc) is 2.65. The van der Waals surface area contributed by atoms with E-state index >= 15 is 0 Å². The minimum Gasteiger partial charge on any atom is -0.468 e. The summed E-state index contributed by atoms with van der Waals surface area (Å²) in [6, 6.07) is 1.74. The Bertz CT molecular complexity index is 360. The Balaban J connectivity index is 2.54. The van der Waals surface area contributed by atoms with Crippen LogP contribution in [0.1, 0.15) is 25.2 Å². The van der Waals surface area contributed by atoms with Crippen LogP contribution < -0.4 is 5.32 Å². The molecule has 1 heterocycles. The second-order valence-electron chi connectivity index (χ2n) is 3.73. The maximum Gasteiger partial charge on any atom is 0.322 e. The van der Waals surface area contributed by atoms with E-state index in [1.54, 1.807) is 6.92 Å². The number of aryl methyl sites for hydroxylation is 2. The van der Waals surface area contributed by atoms with Gasteiger partial charge in [-0.05, 0) is 19.4 Å². The van der Waals surface area contributed by atoms with Gasteiger partial charge >= 0.3 is 5.97 Å². The predicted octanol–water partition coefficient (Wildman–Crippen LogP) is 0.634. The number of aromatic nitrogens is 2. The first kappa shape index (κ1) is 12.7. The molecule has 0 bridgehead atoms. The topological polar surface area (TPSA) is 56.1 Å². The van der Waals surface area contributed by atoms with Crippen molar-refractivity contribution in [3.8, 4) is 0 Å². The Morgan fingerprint density at radius 1 is 1.69 bits per heavy atom. The first-order valence-electron chi connectivity index (χ1n) is 5.41. The molecule has 0 spiro atoms. The Kier molecular flexibility index (Phi) is 4.49. The molecule has 0 aromatic carbocycles. The summed E-state index contributed by atoms with van der Waals surface area (Å²) in [6.07, 6.45) is 0.917. The normalized spacial score (nSPS) is 12.5. The van der Waals surface area contributed by atoms with E-state index in [0.717, 1.165) is 17.8 Å². The fourth-order valence-corrected chi connectivity index (χ4v) is 1.43. The van der Waals surface area contributed by atoms with Gasteiger partial charge in [-0.25, -0.2) is 0 Å². The largest absolute Gasteiger partial charge is 0.468 e. The van der Waals surface area contributed by atoms with Gasteiger partial charge < -0.3 is 4.74 Å². The van der Waals surface area contributed by atoms with Gasteiger partial charge in [0, 0.05) is 13.6 Å². The molecule has 1 aromatic heterocycles. The zero-order chi connectivity index (χ0) is 12.1. The quantitative estimate of drug-likeness (QED) is 0.747. The Hall–Kier alpha value is -1.36. The molecule has 0 aliphatic heterocycles. The van der Waals surface area contributed by atoms with Crippen molar-refractivity contribution in [1.29, 1.82) is 0 Å². The van der Waals surface area contributed by atoms with Gasteiger partial charge in [0.05, 0.1) is 18.5 Å². The summed E-state index contributed by atoms with van der Waals surface area (Å²) < 4.78 is 6.46. The SMILES string of the molecule is CCc1cc(CNC(C)C(=O)OC)n(C)n1. The molecule has 5 heteroatoms. The molecule has 5 nitrogen and oxygen atoms in total. The van der Waals surface area contributed by atoms with Gasteiger partial charge in [0.25, 0.3) is 0 Å². The van der Waals surface area contributed by atoms with Gasteiger partial charge in [0.15, 0.2) is 0 Å². The van der Waals surface area contributed by atoms with E-state index in [-0.39, 0.29) is 12.0 Å². The molecule has 1 atom stereocenters. The number of methoxy groups -OCH3 is 1. The van der Waals surface area contributed by atoms with Crippen LogP contribution in [0.2, 0.25) is 0 Å². The molecular formula is C11H19N3O2. The first-order chi connectivity index (χ1) is 7.58. The third kappa shape index (κ3) is 3.06. The number of hydrogen-bond acceptors (Lipinski definition) is 4. The van der Waals surface area contributed by atoms with Gasteiger partial charge in [0.2, 0.25) is 0 Å². The molecular weight excluding hydrogens is 206 g/mol. The van der Waals surface area contributed by atoms with Crippen molar-refractivity contribution in [1.82, 2.24) is 15.1 Å². The van der Waals surface area contributed by atoms with Crippen LogP contribution in [-0.2, 0) is 29.5 Å². The van der Waals surface area contributed by atoms with Gasteiger partial charge in [0.1, 0.15) is 6.04 Å². The zero-order valence-corrected chi connectivity index (χ0v) is 10.3. The van der Waals surface area contributed by atoms with E-state index in [0.29, 0.717) is 6.54 Å². The minimum atomic E-state index is -0.301. The summed E-state index contributed by atoms with van der Waals surface area (Å²) in [6.45, 7) is 4.46. The number of esters is 1. The number of carbonyl (C=O) groups excluding carboxylic acids is 1. The van der Waals surface area contributed by atoms with Crippen LogP contribution >= 0.6 is 0 Å². The smallest absolute Gasteiger partial charge is 0.322 e. The minimum absolute atomic E-state index is 0.252. The number of hydrogen-bond donors (Lipinski definition) is 1. The van der Waals surface area contributed by atoms with Crippen LogP contribution in [-0.4, -0.2) is 28.9 Å². The summed E-state index contributed by atoms with van der Waals surface area (Å²) in [5.74, 6) is -0.252. The average molecular weight is 225 g/mol. The summed E-state index contributed by atoms with van der Waals surface area (Å²) in [5.41, 5.74) is 2.12. The van der Waals surface area contributed by atoms with Crippen LogP contribution in [0.15, 0.2) is 6.07 Å². The fourth-order valence-electron chi connectivity index (χ4n) is 1.43. The lowest BCUT2D eigenvalue weighted by Gasteiger charge is -2.11. The molecule has 0 saturated heterocycles. The van der Waals surface area contributed by atoms with E-state index in [1.165, 1.54) is 7.11 Å². The standard InChI is InChI=1S/C11H19N3O2/c1-5-9-6-10(14(3)13-9)7-12-8(2)11(15)16-4/h6,8,12H,5,7H2,1-4H3. The maximum absolute atomic E-state index is 11.2. The lowest BCUT2D eigenvalue weighted by molar-refractivity contribution is -0.142. The highest BCUT2D eigenvalue weighted by molar-refractivity contribution is 5.75. The monoisotopic (exact) mass is 225 g/mol. The third-order valence-corrected chi connectivity index (χ3v) is 2.53. The van der Waals surface area contributed by atoms with E-state index in [4.69, 9.17) is 0 Å². The molecule has 0 amide bonds. The Labute approximate surface area is 95.8 Å². The molecule has 16 heavy (non-hydrogen) atoms.